The lowest BCUT2D eigenvalue weighted by Gasteiger charge is -2.22. The molecule has 2 N–H and O–H groups in total. The van der Waals surface area contributed by atoms with E-state index in [9.17, 15) is 19.8 Å². The predicted molar refractivity (Wildman–Crippen MR) is 110 cm³/mol. The maximum atomic E-state index is 12.2. The lowest BCUT2D eigenvalue weighted by atomic mass is 9.89. The number of ether oxygens (including phenoxy) is 1. The lowest BCUT2D eigenvalue weighted by Crippen LogP contribution is -2.23. The highest BCUT2D eigenvalue weighted by atomic mass is 16.5. The van der Waals surface area contributed by atoms with E-state index in [0.717, 1.165) is 25.7 Å². The van der Waals surface area contributed by atoms with Gasteiger partial charge in [-0.05, 0) is 51.2 Å². The Hall–Kier alpha value is -1.68. The standard InChI is InChI=1S/C23H36O5/c1-4-5-15-23(2,27)16-11-13-19-18(20(24)17-21(19)25)12-9-7-6-8-10-14-22(26)28-3/h6,9,11,13,18-19,21,25,27H,4-5,8,10,12,14-17H2,1-3H3/b13-11+. The highest BCUT2D eigenvalue weighted by Crippen LogP contribution is 2.33. The molecule has 0 aliphatic heterocycles. The fourth-order valence-corrected chi connectivity index (χ4v) is 3.48. The van der Waals surface area contributed by atoms with Gasteiger partial charge in [-0.1, -0.05) is 31.9 Å². The quantitative estimate of drug-likeness (QED) is 0.228. The summed E-state index contributed by atoms with van der Waals surface area (Å²) in [7, 11) is 1.38. The third-order valence-electron chi connectivity index (χ3n) is 5.28. The number of carbonyl (C=O) groups excluding carboxylic acids is 2. The molecule has 0 aromatic carbocycles. The number of rotatable bonds is 12. The average Bonchev–Trinajstić information content (AvgIpc) is 2.92. The van der Waals surface area contributed by atoms with Crippen molar-refractivity contribution in [2.75, 3.05) is 7.11 Å². The van der Waals surface area contributed by atoms with Crippen molar-refractivity contribution in [3.8, 4) is 0 Å². The van der Waals surface area contributed by atoms with Crippen molar-refractivity contribution in [1.29, 1.82) is 0 Å². The molecule has 0 spiro atoms. The lowest BCUT2D eigenvalue weighted by molar-refractivity contribution is -0.140. The minimum absolute atomic E-state index is 0.0728. The molecule has 0 aromatic rings. The normalized spacial score (nSPS) is 24.0. The maximum absolute atomic E-state index is 12.2. The number of hydrogen-bond donors (Lipinski definition) is 2. The number of carbonyl (C=O) groups is 2. The molecule has 1 fully saturated rings. The molecule has 28 heavy (non-hydrogen) atoms. The second-order valence-corrected chi connectivity index (χ2v) is 7.93. The van der Waals surface area contributed by atoms with Crippen molar-refractivity contribution < 1.29 is 24.5 Å². The number of methoxy groups -OCH3 is 1. The number of Topliss-reactive ketones (excluding diaryl/α,β-unsaturated/α-hetero) is 1. The van der Waals surface area contributed by atoms with Gasteiger partial charge in [-0.2, -0.15) is 0 Å². The third kappa shape index (κ3) is 9.01. The van der Waals surface area contributed by atoms with Crippen LogP contribution in [-0.2, 0) is 14.3 Å². The van der Waals surface area contributed by atoms with Gasteiger partial charge >= 0.3 is 5.97 Å². The molecule has 4 unspecified atom stereocenters. The van der Waals surface area contributed by atoms with E-state index in [-0.39, 0.29) is 30.0 Å². The summed E-state index contributed by atoms with van der Waals surface area (Å²) >= 11 is 0. The van der Waals surface area contributed by atoms with Gasteiger partial charge in [0.05, 0.1) is 18.8 Å². The summed E-state index contributed by atoms with van der Waals surface area (Å²) < 4.78 is 4.59. The molecular formula is C23H36O5. The van der Waals surface area contributed by atoms with Crippen LogP contribution in [0.15, 0.2) is 30.0 Å². The van der Waals surface area contributed by atoms with Gasteiger partial charge in [0.15, 0.2) is 0 Å². The minimum Gasteiger partial charge on any atom is -0.469 e. The Morgan fingerprint density at radius 1 is 1.36 bits per heavy atom. The van der Waals surface area contributed by atoms with Gasteiger partial charge in [0.2, 0.25) is 0 Å². The molecular weight excluding hydrogens is 356 g/mol. The van der Waals surface area contributed by atoms with Gasteiger partial charge < -0.3 is 14.9 Å². The van der Waals surface area contributed by atoms with Gasteiger partial charge in [-0.25, -0.2) is 0 Å². The summed E-state index contributed by atoms with van der Waals surface area (Å²) in [6, 6.07) is 0. The number of hydrogen-bond acceptors (Lipinski definition) is 5. The molecule has 0 saturated heterocycles. The Bertz CT molecular complexity index is 584. The summed E-state index contributed by atoms with van der Waals surface area (Å²) in [5.74, 6) is -0.607. The number of ketones is 1. The van der Waals surface area contributed by atoms with Gasteiger partial charge in [0, 0.05) is 24.7 Å². The van der Waals surface area contributed by atoms with Crippen molar-refractivity contribution in [2.45, 2.75) is 83.3 Å². The van der Waals surface area contributed by atoms with Crippen molar-refractivity contribution in [3.05, 3.63) is 30.0 Å². The van der Waals surface area contributed by atoms with Crippen molar-refractivity contribution in [1.82, 2.24) is 0 Å². The van der Waals surface area contributed by atoms with Crippen molar-refractivity contribution in [2.24, 2.45) is 11.8 Å². The molecule has 1 rings (SSSR count). The smallest absolute Gasteiger partial charge is 0.305 e. The Morgan fingerprint density at radius 2 is 2.11 bits per heavy atom. The number of unbranched alkanes of at least 4 members (excludes halogenated alkanes) is 2. The van der Waals surface area contributed by atoms with Crippen LogP contribution in [0.2, 0.25) is 0 Å². The number of allylic oxidation sites excluding steroid dienone is 1. The highest BCUT2D eigenvalue weighted by Gasteiger charge is 2.39. The van der Waals surface area contributed by atoms with Gasteiger partial charge in [0.25, 0.3) is 0 Å². The van der Waals surface area contributed by atoms with Crippen molar-refractivity contribution in [3.63, 3.8) is 0 Å². The molecule has 0 heterocycles. The highest BCUT2D eigenvalue weighted by molar-refractivity contribution is 5.84. The summed E-state index contributed by atoms with van der Waals surface area (Å²) in [6.07, 6.45) is 12.6. The van der Waals surface area contributed by atoms with E-state index in [1.807, 2.05) is 31.2 Å². The second-order valence-electron chi connectivity index (χ2n) is 7.93. The van der Waals surface area contributed by atoms with E-state index in [1.165, 1.54) is 7.11 Å². The fraction of sp³-hybridized carbons (Fsp3) is 0.696. The Labute approximate surface area is 169 Å². The maximum Gasteiger partial charge on any atom is 0.305 e. The van der Waals surface area contributed by atoms with Crippen LogP contribution in [0.25, 0.3) is 0 Å². The Kier molecular flexibility index (Phi) is 11.1. The van der Waals surface area contributed by atoms with E-state index in [2.05, 4.69) is 17.4 Å². The zero-order valence-corrected chi connectivity index (χ0v) is 17.5. The van der Waals surface area contributed by atoms with Gasteiger partial charge in [0.1, 0.15) is 5.78 Å². The molecule has 0 aromatic heterocycles. The monoisotopic (exact) mass is 392 g/mol. The Balaban J connectivity index is 2.54. The zero-order valence-electron chi connectivity index (χ0n) is 17.5. The average molecular weight is 393 g/mol. The molecule has 158 valence electrons. The van der Waals surface area contributed by atoms with E-state index in [0.29, 0.717) is 25.7 Å². The van der Waals surface area contributed by atoms with E-state index >= 15 is 0 Å². The molecule has 1 aliphatic rings. The van der Waals surface area contributed by atoms with Gasteiger partial charge in [-0.3, -0.25) is 9.59 Å². The van der Waals surface area contributed by atoms with E-state index in [1.54, 1.807) is 0 Å². The molecule has 1 saturated carbocycles. The molecule has 5 nitrogen and oxygen atoms in total. The van der Waals surface area contributed by atoms with E-state index < -0.39 is 11.7 Å². The molecule has 5 heteroatoms. The third-order valence-corrected chi connectivity index (χ3v) is 5.28. The molecule has 1 aliphatic carbocycles. The van der Waals surface area contributed by atoms with Crippen LogP contribution in [0.3, 0.4) is 0 Å². The summed E-state index contributed by atoms with van der Waals surface area (Å²) in [4.78, 5) is 23.2. The minimum atomic E-state index is -0.748. The van der Waals surface area contributed by atoms with Crippen LogP contribution in [0.1, 0.15) is 71.6 Å². The molecule has 0 radical (unpaired) electrons. The summed E-state index contributed by atoms with van der Waals surface area (Å²) in [5, 5.41) is 20.6. The van der Waals surface area contributed by atoms with Crippen molar-refractivity contribution >= 4 is 11.8 Å². The molecule has 0 bridgehead atoms. The predicted octanol–water partition coefficient (Wildman–Crippen LogP) is 3.88. The van der Waals surface area contributed by atoms with Crippen LogP contribution < -0.4 is 0 Å². The van der Waals surface area contributed by atoms with Gasteiger partial charge in [-0.15, -0.1) is 5.73 Å². The largest absolute Gasteiger partial charge is 0.469 e. The topological polar surface area (TPSA) is 83.8 Å². The van der Waals surface area contributed by atoms with Crippen LogP contribution in [-0.4, -0.2) is 40.8 Å². The first-order chi connectivity index (χ1) is 13.3. The first-order valence-electron chi connectivity index (χ1n) is 10.4. The van der Waals surface area contributed by atoms with Crippen LogP contribution >= 0.6 is 0 Å². The summed E-state index contributed by atoms with van der Waals surface area (Å²) in [5.41, 5.74) is 2.32. The number of esters is 1. The first kappa shape index (κ1) is 24.4. The second kappa shape index (κ2) is 12.7. The zero-order chi connectivity index (χ0) is 21.0. The fourth-order valence-electron chi connectivity index (χ4n) is 3.48. The SMILES string of the molecule is CCCCC(C)(O)C/C=C/C1C(O)CC(=O)C1CC=C=CCCCC(=O)OC. The van der Waals surface area contributed by atoms with E-state index in [4.69, 9.17) is 0 Å². The van der Waals surface area contributed by atoms with Crippen LogP contribution in [0, 0.1) is 11.8 Å². The van der Waals surface area contributed by atoms with Crippen LogP contribution in [0.5, 0.6) is 0 Å². The first-order valence-corrected chi connectivity index (χ1v) is 10.4. The summed E-state index contributed by atoms with van der Waals surface area (Å²) in [6.45, 7) is 3.92. The molecule has 4 atom stereocenters. The Morgan fingerprint density at radius 3 is 2.79 bits per heavy atom. The van der Waals surface area contributed by atoms with Crippen LogP contribution in [0.4, 0.5) is 0 Å². The molecule has 0 amide bonds. The number of aliphatic hydroxyl groups excluding tert-OH is 1. The number of aliphatic hydroxyl groups is 2.